The molecular formula is C9H10BrN3O2. The van der Waals surface area contributed by atoms with Crippen LogP contribution in [-0.4, -0.2) is 33.0 Å². The Labute approximate surface area is 95.2 Å². The van der Waals surface area contributed by atoms with Crippen molar-refractivity contribution in [1.29, 1.82) is 0 Å². The van der Waals surface area contributed by atoms with Crippen molar-refractivity contribution in [2.45, 2.75) is 19.4 Å². The molecule has 0 N–H and O–H groups in total. The number of halogens is 1. The van der Waals surface area contributed by atoms with E-state index in [0.29, 0.717) is 25.9 Å². The van der Waals surface area contributed by atoms with Gasteiger partial charge in [-0.3, -0.25) is 19.2 Å². The minimum atomic E-state index is -0.0776. The predicted molar refractivity (Wildman–Crippen MR) is 55.9 cm³/mol. The molecule has 1 aromatic heterocycles. The third-order valence-corrected chi connectivity index (χ3v) is 2.72. The summed E-state index contributed by atoms with van der Waals surface area (Å²) in [5, 5.41) is 4.05. The van der Waals surface area contributed by atoms with E-state index in [4.69, 9.17) is 0 Å². The molecule has 0 bridgehead atoms. The molecule has 0 unspecified atom stereocenters. The zero-order valence-electron chi connectivity index (χ0n) is 8.02. The summed E-state index contributed by atoms with van der Waals surface area (Å²) in [4.78, 5) is 23.9. The van der Waals surface area contributed by atoms with Crippen molar-refractivity contribution in [3.8, 4) is 0 Å². The second kappa shape index (κ2) is 4.14. The monoisotopic (exact) mass is 271 g/mol. The minimum Gasteiger partial charge on any atom is -0.281 e. The average Bonchev–Trinajstić information content (AvgIpc) is 2.73. The largest absolute Gasteiger partial charge is 0.281 e. The fourth-order valence-corrected chi connectivity index (χ4v) is 1.86. The van der Waals surface area contributed by atoms with Gasteiger partial charge in [-0.15, -0.1) is 0 Å². The first-order valence-electron chi connectivity index (χ1n) is 4.68. The molecule has 0 saturated carbocycles. The fraction of sp³-hybridized carbons (Fsp3) is 0.444. The topological polar surface area (TPSA) is 55.2 Å². The van der Waals surface area contributed by atoms with Gasteiger partial charge in [0.1, 0.15) is 0 Å². The Morgan fingerprint density at radius 2 is 1.93 bits per heavy atom. The Morgan fingerprint density at radius 3 is 2.47 bits per heavy atom. The molecule has 1 aliphatic heterocycles. The van der Waals surface area contributed by atoms with E-state index in [1.165, 1.54) is 4.90 Å². The van der Waals surface area contributed by atoms with Gasteiger partial charge in [0.25, 0.3) is 0 Å². The summed E-state index contributed by atoms with van der Waals surface area (Å²) in [6.45, 7) is 0.953. The van der Waals surface area contributed by atoms with Crippen molar-refractivity contribution < 1.29 is 9.59 Å². The van der Waals surface area contributed by atoms with E-state index in [1.54, 1.807) is 10.9 Å². The molecule has 2 amide bonds. The molecular weight excluding hydrogens is 262 g/mol. The number of rotatable bonds is 3. The lowest BCUT2D eigenvalue weighted by atomic mass is 10.4. The van der Waals surface area contributed by atoms with Crippen LogP contribution in [0.3, 0.4) is 0 Å². The van der Waals surface area contributed by atoms with E-state index >= 15 is 0 Å². The van der Waals surface area contributed by atoms with Crippen molar-refractivity contribution in [2.24, 2.45) is 0 Å². The van der Waals surface area contributed by atoms with Crippen LogP contribution in [0.2, 0.25) is 0 Å². The predicted octanol–water partition coefficient (Wildman–Crippen LogP) is 0.795. The van der Waals surface area contributed by atoms with Gasteiger partial charge in [-0.05, 0) is 15.9 Å². The number of likely N-dealkylation sites (tertiary alicyclic amines) is 1. The van der Waals surface area contributed by atoms with Crippen LogP contribution in [0.15, 0.2) is 16.9 Å². The zero-order valence-corrected chi connectivity index (χ0v) is 9.61. The molecule has 0 atom stereocenters. The van der Waals surface area contributed by atoms with Gasteiger partial charge in [0.2, 0.25) is 11.8 Å². The molecule has 15 heavy (non-hydrogen) atoms. The minimum absolute atomic E-state index is 0.0776. The van der Waals surface area contributed by atoms with Crippen LogP contribution in [-0.2, 0) is 16.1 Å². The first kappa shape index (κ1) is 10.4. The molecule has 2 rings (SSSR count). The highest BCUT2D eigenvalue weighted by atomic mass is 79.9. The van der Waals surface area contributed by atoms with Crippen LogP contribution in [0.4, 0.5) is 0 Å². The Morgan fingerprint density at radius 1 is 1.27 bits per heavy atom. The number of nitrogens with zero attached hydrogens (tertiary/aromatic N) is 3. The Kier molecular flexibility index (Phi) is 2.86. The summed E-state index contributed by atoms with van der Waals surface area (Å²) in [6, 6.07) is 0. The highest BCUT2D eigenvalue weighted by molar-refractivity contribution is 9.10. The molecule has 6 heteroatoms. The lowest BCUT2D eigenvalue weighted by Gasteiger charge is -2.12. The highest BCUT2D eigenvalue weighted by Gasteiger charge is 2.28. The van der Waals surface area contributed by atoms with Crippen LogP contribution in [0, 0.1) is 0 Å². The van der Waals surface area contributed by atoms with Crippen molar-refractivity contribution in [2.75, 3.05) is 6.54 Å². The summed E-state index contributed by atoms with van der Waals surface area (Å²) in [7, 11) is 0. The second-order valence-electron chi connectivity index (χ2n) is 3.36. The smallest absolute Gasteiger partial charge is 0.229 e. The van der Waals surface area contributed by atoms with Gasteiger partial charge in [0.15, 0.2) is 0 Å². The Hall–Kier alpha value is -1.17. The van der Waals surface area contributed by atoms with Gasteiger partial charge in [-0.2, -0.15) is 5.10 Å². The van der Waals surface area contributed by atoms with E-state index in [2.05, 4.69) is 21.0 Å². The standard InChI is InChI=1S/C9H10BrN3O2/c10-7-5-11-12(6-7)3-4-13-8(14)1-2-9(13)15/h5-6H,1-4H2. The van der Waals surface area contributed by atoms with Crippen LogP contribution in [0.25, 0.3) is 0 Å². The Bertz CT molecular complexity index is 386. The number of aromatic nitrogens is 2. The third-order valence-electron chi connectivity index (χ3n) is 2.31. The molecule has 1 saturated heterocycles. The number of hydrogen-bond donors (Lipinski definition) is 0. The van der Waals surface area contributed by atoms with E-state index in [-0.39, 0.29) is 11.8 Å². The number of amides is 2. The van der Waals surface area contributed by atoms with E-state index in [1.807, 2.05) is 6.20 Å². The molecule has 5 nitrogen and oxygen atoms in total. The normalized spacial score (nSPS) is 16.5. The molecule has 1 aromatic rings. The van der Waals surface area contributed by atoms with Gasteiger partial charge in [0, 0.05) is 25.6 Å². The second-order valence-corrected chi connectivity index (χ2v) is 4.28. The van der Waals surface area contributed by atoms with Gasteiger partial charge in [-0.25, -0.2) is 0 Å². The first-order valence-corrected chi connectivity index (χ1v) is 5.47. The molecule has 0 aromatic carbocycles. The molecule has 0 aliphatic carbocycles. The van der Waals surface area contributed by atoms with Gasteiger partial charge in [0.05, 0.1) is 17.2 Å². The molecule has 0 spiro atoms. The quantitative estimate of drug-likeness (QED) is 0.764. The number of imide groups is 1. The van der Waals surface area contributed by atoms with Crippen molar-refractivity contribution in [3.05, 3.63) is 16.9 Å². The molecule has 1 fully saturated rings. The van der Waals surface area contributed by atoms with Crippen molar-refractivity contribution >= 4 is 27.7 Å². The maximum absolute atomic E-state index is 11.3. The van der Waals surface area contributed by atoms with Crippen molar-refractivity contribution in [3.63, 3.8) is 0 Å². The van der Waals surface area contributed by atoms with Gasteiger partial charge in [-0.1, -0.05) is 0 Å². The van der Waals surface area contributed by atoms with Gasteiger partial charge < -0.3 is 0 Å². The number of hydrogen-bond acceptors (Lipinski definition) is 3. The lowest BCUT2D eigenvalue weighted by Crippen LogP contribution is -2.32. The number of carbonyl (C=O) groups is 2. The summed E-state index contributed by atoms with van der Waals surface area (Å²) in [6.07, 6.45) is 4.18. The summed E-state index contributed by atoms with van der Waals surface area (Å²) >= 11 is 3.28. The maximum Gasteiger partial charge on any atom is 0.229 e. The molecule has 80 valence electrons. The van der Waals surface area contributed by atoms with Crippen LogP contribution in [0.5, 0.6) is 0 Å². The van der Waals surface area contributed by atoms with Crippen LogP contribution < -0.4 is 0 Å². The number of carbonyl (C=O) groups excluding carboxylic acids is 2. The van der Waals surface area contributed by atoms with E-state index < -0.39 is 0 Å². The third kappa shape index (κ3) is 2.26. The highest BCUT2D eigenvalue weighted by Crippen LogP contribution is 2.12. The first-order chi connectivity index (χ1) is 7.16. The SMILES string of the molecule is O=C1CCC(=O)N1CCn1cc(Br)cn1. The summed E-state index contributed by atoms with van der Waals surface area (Å²) in [5.41, 5.74) is 0. The molecule has 0 radical (unpaired) electrons. The lowest BCUT2D eigenvalue weighted by molar-refractivity contribution is -0.138. The van der Waals surface area contributed by atoms with Crippen LogP contribution >= 0.6 is 15.9 Å². The van der Waals surface area contributed by atoms with Gasteiger partial charge >= 0.3 is 0 Å². The molecule has 1 aliphatic rings. The maximum atomic E-state index is 11.3. The average molecular weight is 272 g/mol. The molecule has 2 heterocycles. The Balaban J connectivity index is 1.93. The van der Waals surface area contributed by atoms with Crippen LogP contribution in [0.1, 0.15) is 12.8 Å². The summed E-state index contributed by atoms with van der Waals surface area (Å²) < 4.78 is 2.59. The summed E-state index contributed by atoms with van der Waals surface area (Å²) in [5.74, 6) is -0.155. The van der Waals surface area contributed by atoms with Crippen molar-refractivity contribution in [1.82, 2.24) is 14.7 Å². The fourth-order valence-electron chi connectivity index (χ4n) is 1.54. The van der Waals surface area contributed by atoms with E-state index in [0.717, 1.165) is 4.47 Å². The van der Waals surface area contributed by atoms with E-state index in [9.17, 15) is 9.59 Å². The zero-order chi connectivity index (χ0) is 10.8.